The minimum absolute atomic E-state index is 0.0983. The SMILES string of the molecule is CCCCCCCCCC(=O)OC[C@H](COP(=O)(O)OC[C@@H](O)COP(=O)(O)OC[C@@H](COC(=O)CCCCCCC)OC(=O)CCCCCCC)OC(=O)CCCCCCCCC(C)C. The molecular weight excluding hydrogens is 898 g/mol. The lowest BCUT2D eigenvalue weighted by molar-refractivity contribution is -0.161. The Morgan fingerprint density at radius 3 is 1.03 bits per heavy atom. The molecule has 0 aromatic carbocycles. The molecule has 0 heterocycles. The fourth-order valence-electron chi connectivity index (χ4n) is 6.58. The van der Waals surface area contributed by atoms with Crippen LogP contribution in [0.5, 0.6) is 0 Å². The van der Waals surface area contributed by atoms with Gasteiger partial charge in [0.1, 0.15) is 19.3 Å². The molecule has 17 nitrogen and oxygen atoms in total. The summed E-state index contributed by atoms with van der Waals surface area (Å²) in [5.41, 5.74) is 0. The van der Waals surface area contributed by atoms with Crippen LogP contribution in [0.25, 0.3) is 0 Å². The molecule has 0 aromatic rings. The number of phosphoric ester groups is 2. The second-order valence-corrected chi connectivity index (χ2v) is 20.5. The van der Waals surface area contributed by atoms with Crippen LogP contribution < -0.4 is 0 Å². The van der Waals surface area contributed by atoms with Crippen LogP contribution in [0.4, 0.5) is 0 Å². The van der Waals surface area contributed by atoms with E-state index in [1.54, 1.807) is 0 Å². The van der Waals surface area contributed by atoms with Gasteiger partial charge in [-0.05, 0) is 31.6 Å². The molecule has 390 valence electrons. The molecule has 0 aliphatic carbocycles. The zero-order chi connectivity index (χ0) is 49.3. The van der Waals surface area contributed by atoms with Crippen LogP contribution in [0.15, 0.2) is 0 Å². The third-order valence-corrected chi connectivity index (χ3v) is 12.4. The average Bonchev–Trinajstić information content (AvgIpc) is 3.27. The molecule has 3 N–H and O–H groups in total. The van der Waals surface area contributed by atoms with Crippen LogP contribution >= 0.6 is 15.6 Å². The molecule has 0 saturated carbocycles. The Labute approximate surface area is 397 Å². The van der Waals surface area contributed by atoms with E-state index in [-0.39, 0.29) is 25.7 Å². The number of unbranched alkanes of at least 4 members (excludes halogenated alkanes) is 19. The van der Waals surface area contributed by atoms with E-state index in [2.05, 4.69) is 34.6 Å². The van der Waals surface area contributed by atoms with Gasteiger partial charge in [-0.25, -0.2) is 9.13 Å². The number of rotatable bonds is 47. The van der Waals surface area contributed by atoms with Gasteiger partial charge in [-0.2, -0.15) is 0 Å². The lowest BCUT2D eigenvalue weighted by Gasteiger charge is -2.21. The molecule has 5 atom stereocenters. The number of hydrogen-bond acceptors (Lipinski definition) is 15. The zero-order valence-corrected chi connectivity index (χ0v) is 43.1. The summed E-state index contributed by atoms with van der Waals surface area (Å²) >= 11 is 0. The molecule has 2 unspecified atom stereocenters. The highest BCUT2D eigenvalue weighted by Gasteiger charge is 2.30. The van der Waals surface area contributed by atoms with Crippen LogP contribution in [0, 0.1) is 5.92 Å². The maximum absolute atomic E-state index is 12.8. The molecule has 0 spiro atoms. The van der Waals surface area contributed by atoms with Gasteiger partial charge in [-0.3, -0.25) is 37.3 Å². The fourth-order valence-corrected chi connectivity index (χ4v) is 8.16. The Balaban J connectivity index is 5.15. The molecule has 0 amide bonds. The second kappa shape index (κ2) is 42.0. The maximum Gasteiger partial charge on any atom is 0.472 e. The molecule has 0 aliphatic rings. The van der Waals surface area contributed by atoms with Crippen molar-refractivity contribution in [3.63, 3.8) is 0 Å². The molecule has 0 rings (SSSR count). The quantitative estimate of drug-likeness (QED) is 0.0222. The smallest absolute Gasteiger partial charge is 0.462 e. The molecule has 19 heteroatoms. The van der Waals surface area contributed by atoms with E-state index in [1.807, 2.05) is 0 Å². The van der Waals surface area contributed by atoms with Gasteiger partial charge in [0.25, 0.3) is 0 Å². The third-order valence-electron chi connectivity index (χ3n) is 10.5. The number of phosphoric acid groups is 2. The Morgan fingerprint density at radius 2 is 0.697 bits per heavy atom. The summed E-state index contributed by atoms with van der Waals surface area (Å²) in [6.45, 7) is 6.73. The van der Waals surface area contributed by atoms with Gasteiger partial charge in [-0.1, -0.05) is 163 Å². The highest BCUT2D eigenvalue weighted by atomic mass is 31.2. The van der Waals surface area contributed by atoms with Crippen LogP contribution in [0.3, 0.4) is 0 Å². The first-order valence-electron chi connectivity index (χ1n) is 25.1. The summed E-state index contributed by atoms with van der Waals surface area (Å²) in [5.74, 6) is -1.52. The number of ether oxygens (including phenoxy) is 4. The highest BCUT2D eigenvalue weighted by molar-refractivity contribution is 7.47. The summed E-state index contributed by atoms with van der Waals surface area (Å²) in [7, 11) is -9.83. The fraction of sp³-hybridized carbons (Fsp3) is 0.915. The molecule has 0 saturated heterocycles. The van der Waals surface area contributed by atoms with E-state index in [9.17, 15) is 43.2 Å². The van der Waals surface area contributed by atoms with Gasteiger partial charge in [0.05, 0.1) is 26.4 Å². The van der Waals surface area contributed by atoms with Crippen molar-refractivity contribution in [1.82, 2.24) is 0 Å². The van der Waals surface area contributed by atoms with Crippen molar-refractivity contribution in [2.45, 2.75) is 233 Å². The van der Waals surface area contributed by atoms with Gasteiger partial charge in [-0.15, -0.1) is 0 Å². The Morgan fingerprint density at radius 1 is 0.409 bits per heavy atom. The standard InChI is InChI=1S/C47H90O17P2/c1-6-9-12-15-16-22-26-31-45(50)58-37-43(64-47(52)33-28-23-18-17-21-24-29-40(4)5)39-62-66(55,56)60-35-41(48)34-59-65(53,54)61-38-42(63-46(51)32-27-20-14-11-8-3)36-57-44(49)30-25-19-13-10-7-2/h40-43,48H,6-39H2,1-5H3,(H,53,54)(H,55,56)/t41-,42+,43+/m0/s1. The van der Waals surface area contributed by atoms with Crippen LogP contribution in [0.1, 0.15) is 214 Å². The monoisotopic (exact) mass is 989 g/mol. The van der Waals surface area contributed by atoms with Crippen LogP contribution in [-0.2, 0) is 65.4 Å². The summed E-state index contributed by atoms with van der Waals surface area (Å²) in [4.78, 5) is 70.7. The lowest BCUT2D eigenvalue weighted by atomic mass is 10.0. The first-order chi connectivity index (χ1) is 31.5. The van der Waals surface area contributed by atoms with Crippen molar-refractivity contribution in [3.8, 4) is 0 Å². The molecular formula is C47H90O17P2. The topological polar surface area (TPSA) is 237 Å². The third kappa shape index (κ3) is 42.2. The second-order valence-electron chi connectivity index (χ2n) is 17.6. The zero-order valence-electron chi connectivity index (χ0n) is 41.3. The number of carbonyl (C=O) groups excluding carboxylic acids is 4. The van der Waals surface area contributed by atoms with E-state index in [1.165, 1.54) is 19.3 Å². The predicted octanol–water partition coefficient (Wildman–Crippen LogP) is 11.2. The minimum atomic E-state index is -4.92. The number of aliphatic hydroxyl groups is 1. The number of carbonyl (C=O) groups is 4. The summed E-state index contributed by atoms with van der Waals surface area (Å²) < 4.78 is 66.7. The Kier molecular flexibility index (Phi) is 40.7. The van der Waals surface area contributed by atoms with E-state index in [4.69, 9.17) is 37.0 Å². The van der Waals surface area contributed by atoms with E-state index in [0.29, 0.717) is 31.6 Å². The van der Waals surface area contributed by atoms with Gasteiger partial charge in [0, 0.05) is 25.7 Å². The van der Waals surface area contributed by atoms with Crippen LogP contribution in [0.2, 0.25) is 0 Å². The average molecular weight is 989 g/mol. The number of aliphatic hydroxyl groups excluding tert-OH is 1. The first-order valence-corrected chi connectivity index (χ1v) is 28.1. The Hall–Kier alpha value is -1.94. The van der Waals surface area contributed by atoms with Gasteiger partial charge < -0.3 is 33.8 Å². The van der Waals surface area contributed by atoms with Crippen molar-refractivity contribution < 1.29 is 80.2 Å². The van der Waals surface area contributed by atoms with Crippen molar-refractivity contribution in [2.24, 2.45) is 5.92 Å². The van der Waals surface area contributed by atoms with Crippen molar-refractivity contribution in [2.75, 3.05) is 39.6 Å². The molecule has 0 aromatic heterocycles. The number of esters is 4. The molecule has 66 heavy (non-hydrogen) atoms. The lowest BCUT2D eigenvalue weighted by Crippen LogP contribution is -2.30. The summed E-state index contributed by atoms with van der Waals surface area (Å²) in [5, 5.41) is 10.4. The molecule has 0 aliphatic heterocycles. The van der Waals surface area contributed by atoms with Gasteiger partial charge >= 0.3 is 39.5 Å². The summed E-state index contributed by atoms with van der Waals surface area (Å²) in [6, 6.07) is 0. The molecule has 0 bridgehead atoms. The molecule has 0 fully saturated rings. The van der Waals surface area contributed by atoms with E-state index < -0.39 is 97.5 Å². The normalized spacial score (nSPS) is 14.8. The maximum atomic E-state index is 12.8. The van der Waals surface area contributed by atoms with Gasteiger partial charge in [0.2, 0.25) is 0 Å². The van der Waals surface area contributed by atoms with Crippen molar-refractivity contribution in [1.29, 1.82) is 0 Å². The van der Waals surface area contributed by atoms with Crippen molar-refractivity contribution in [3.05, 3.63) is 0 Å². The van der Waals surface area contributed by atoms with Crippen molar-refractivity contribution >= 4 is 39.5 Å². The predicted molar refractivity (Wildman–Crippen MR) is 252 cm³/mol. The Bertz CT molecular complexity index is 1330. The van der Waals surface area contributed by atoms with Gasteiger partial charge in [0.15, 0.2) is 12.2 Å². The van der Waals surface area contributed by atoms with Crippen LogP contribution in [-0.4, -0.2) is 96.7 Å². The minimum Gasteiger partial charge on any atom is -0.462 e. The summed E-state index contributed by atoms with van der Waals surface area (Å²) in [6.07, 6.45) is 19.5. The number of hydrogen-bond donors (Lipinski definition) is 3. The first kappa shape index (κ1) is 64.1. The highest BCUT2D eigenvalue weighted by Crippen LogP contribution is 2.45. The van der Waals surface area contributed by atoms with E-state index >= 15 is 0 Å². The largest absolute Gasteiger partial charge is 0.472 e. The molecule has 0 radical (unpaired) electrons. The van der Waals surface area contributed by atoms with E-state index in [0.717, 1.165) is 109 Å².